The van der Waals surface area contributed by atoms with Crippen LogP contribution in [0.2, 0.25) is 0 Å². The molecule has 0 aromatic rings. The van der Waals surface area contributed by atoms with Crippen LogP contribution in [-0.4, -0.2) is 24.4 Å². The molecule has 0 N–H and O–H groups in total. The summed E-state index contributed by atoms with van der Waals surface area (Å²) < 4.78 is 0. The molecule has 0 spiro atoms. The lowest BCUT2D eigenvalue weighted by molar-refractivity contribution is -0.133. The molecule has 1 fully saturated rings. The van der Waals surface area contributed by atoms with Crippen LogP contribution in [0.15, 0.2) is 0 Å². The zero-order valence-electron chi connectivity index (χ0n) is 6.05. The molecular formula is C7H13NO. The fourth-order valence-corrected chi connectivity index (χ4v) is 1.09. The van der Waals surface area contributed by atoms with E-state index in [9.17, 15) is 4.79 Å². The second kappa shape index (κ2) is 2.38. The first-order valence-corrected chi connectivity index (χ1v) is 3.44. The number of nitrogens with zero attached hydrogens (tertiary/aromatic N) is 1. The highest BCUT2D eigenvalue weighted by Crippen LogP contribution is 2.15. The van der Waals surface area contributed by atoms with Crippen LogP contribution >= 0.6 is 0 Å². The highest BCUT2D eigenvalue weighted by molar-refractivity contribution is 5.76. The molecule has 1 rings (SSSR count). The molecule has 1 heterocycles. The Balaban J connectivity index is 2.44. The summed E-state index contributed by atoms with van der Waals surface area (Å²) in [5.74, 6) is 0.905. The largest absolute Gasteiger partial charge is 0.346 e. The molecule has 0 saturated carbocycles. The third-order valence-corrected chi connectivity index (χ3v) is 1.91. The third kappa shape index (κ3) is 1.44. The molecule has 2 nitrogen and oxygen atoms in total. The van der Waals surface area contributed by atoms with Gasteiger partial charge in [-0.1, -0.05) is 6.92 Å². The fraction of sp³-hybridized carbons (Fsp3) is 0.857. The minimum Gasteiger partial charge on any atom is -0.346 e. The van der Waals surface area contributed by atoms with Crippen molar-refractivity contribution in [1.82, 2.24) is 4.90 Å². The second-order valence-electron chi connectivity index (χ2n) is 2.91. The Hall–Kier alpha value is -0.530. The Morgan fingerprint density at radius 2 is 2.33 bits per heavy atom. The fourth-order valence-electron chi connectivity index (χ4n) is 1.09. The topological polar surface area (TPSA) is 20.3 Å². The van der Waals surface area contributed by atoms with E-state index in [4.69, 9.17) is 0 Å². The van der Waals surface area contributed by atoms with Gasteiger partial charge in [-0.05, 0) is 12.3 Å². The van der Waals surface area contributed by atoms with Crippen molar-refractivity contribution < 1.29 is 4.79 Å². The van der Waals surface area contributed by atoms with Crippen molar-refractivity contribution in [2.75, 3.05) is 13.6 Å². The number of hydrogen-bond donors (Lipinski definition) is 0. The van der Waals surface area contributed by atoms with E-state index in [1.165, 1.54) is 6.42 Å². The van der Waals surface area contributed by atoms with Crippen LogP contribution < -0.4 is 0 Å². The van der Waals surface area contributed by atoms with Gasteiger partial charge in [0.05, 0.1) is 0 Å². The third-order valence-electron chi connectivity index (χ3n) is 1.91. The molecule has 9 heavy (non-hydrogen) atoms. The van der Waals surface area contributed by atoms with Crippen LogP contribution in [0.3, 0.4) is 0 Å². The molecular weight excluding hydrogens is 114 g/mol. The Kier molecular flexibility index (Phi) is 1.74. The Labute approximate surface area is 55.8 Å². The van der Waals surface area contributed by atoms with Crippen LogP contribution in [0.25, 0.3) is 0 Å². The van der Waals surface area contributed by atoms with E-state index in [1.54, 1.807) is 4.90 Å². The van der Waals surface area contributed by atoms with E-state index in [0.29, 0.717) is 11.8 Å². The van der Waals surface area contributed by atoms with E-state index < -0.39 is 0 Å². The molecule has 52 valence electrons. The van der Waals surface area contributed by atoms with E-state index in [-0.39, 0.29) is 0 Å². The zero-order chi connectivity index (χ0) is 6.85. The summed E-state index contributed by atoms with van der Waals surface area (Å²) in [6.45, 7) is 3.07. The normalized spacial score (nSPS) is 28.9. The van der Waals surface area contributed by atoms with Gasteiger partial charge in [0.1, 0.15) is 0 Å². The molecule has 0 aliphatic carbocycles. The number of piperidine rings is 1. The number of likely N-dealkylation sites (tertiary alicyclic amines) is 1. The smallest absolute Gasteiger partial charge is 0.222 e. The van der Waals surface area contributed by atoms with Crippen molar-refractivity contribution in [1.29, 1.82) is 0 Å². The molecule has 1 aliphatic rings. The molecule has 2 heteroatoms. The monoisotopic (exact) mass is 127 g/mol. The van der Waals surface area contributed by atoms with E-state index in [0.717, 1.165) is 13.0 Å². The molecule has 1 unspecified atom stereocenters. The maximum atomic E-state index is 10.9. The van der Waals surface area contributed by atoms with Crippen LogP contribution in [0, 0.1) is 5.92 Å². The Bertz CT molecular complexity index is 122. The van der Waals surface area contributed by atoms with Gasteiger partial charge in [-0.3, -0.25) is 4.79 Å². The average molecular weight is 127 g/mol. The van der Waals surface area contributed by atoms with Crippen LogP contribution in [0.5, 0.6) is 0 Å². The SMILES string of the molecule is CC1CCN(C)C(=O)C1. The molecule has 1 saturated heterocycles. The van der Waals surface area contributed by atoms with Crippen molar-refractivity contribution in [3.05, 3.63) is 0 Å². The summed E-state index contributed by atoms with van der Waals surface area (Å²) in [6.07, 6.45) is 1.92. The zero-order valence-corrected chi connectivity index (χ0v) is 6.05. The first-order valence-electron chi connectivity index (χ1n) is 3.44. The van der Waals surface area contributed by atoms with Crippen molar-refractivity contribution in [3.8, 4) is 0 Å². The van der Waals surface area contributed by atoms with Crippen LogP contribution in [0.4, 0.5) is 0 Å². The van der Waals surface area contributed by atoms with Gasteiger partial charge in [0.2, 0.25) is 5.91 Å². The van der Waals surface area contributed by atoms with Crippen molar-refractivity contribution >= 4 is 5.91 Å². The summed E-state index contributed by atoms with van der Waals surface area (Å²) in [5, 5.41) is 0. The van der Waals surface area contributed by atoms with Crippen LogP contribution in [0.1, 0.15) is 19.8 Å². The lowest BCUT2D eigenvalue weighted by Crippen LogP contribution is -2.34. The maximum absolute atomic E-state index is 10.9. The Morgan fingerprint density at radius 1 is 1.67 bits per heavy atom. The quantitative estimate of drug-likeness (QED) is 0.473. The minimum absolute atomic E-state index is 0.300. The summed E-state index contributed by atoms with van der Waals surface area (Å²) in [4.78, 5) is 12.7. The number of carbonyl (C=O) groups is 1. The predicted octanol–water partition coefficient (Wildman–Crippen LogP) is 0.875. The highest BCUT2D eigenvalue weighted by Gasteiger charge is 2.18. The number of hydrogen-bond acceptors (Lipinski definition) is 1. The van der Waals surface area contributed by atoms with Crippen molar-refractivity contribution in [3.63, 3.8) is 0 Å². The molecule has 1 atom stereocenters. The van der Waals surface area contributed by atoms with Gasteiger partial charge in [-0.25, -0.2) is 0 Å². The number of amides is 1. The maximum Gasteiger partial charge on any atom is 0.222 e. The second-order valence-corrected chi connectivity index (χ2v) is 2.91. The number of rotatable bonds is 0. The van der Waals surface area contributed by atoms with Gasteiger partial charge in [-0.15, -0.1) is 0 Å². The van der Waals surface area contributed by atoms with Crippen LogP contribution in [-0.2, 0) is 4.79 Å². The molecule has 1 amide bonds. The standard InChI is InChI=1S/C7H13NO/c1-6-3-4-8(2)7(9)5-6/h6H,3-5H2,1-2H3. The van der Waals surface area contributed by atoms with Gasteiger partial charge >= 0.3 is 0 Å². The van der Waals surface area contributed by atoms with E-state index >= 15 is 0 Å². The molecule has 0 aromatic heterocycles. The average Bonchev–Trinajstić information content (AvgIpc) is 1.80. The summed E-state index contributed by atoms with van der Waals surface area (Å²) in [6, 6.07) is 0. The molecule has 0 aromatic carbocycles. The first-order chi connectivity index (χ1) is 4.20. The lowest BCUT2D eigenvalue weighted by Gasteiger charge is -2.26. The molecule has 0 bridgehead atoms. The van der Waals surface area contributed by atoms with Gasteiger partial charge in [-0.2, -0.15) is 0 Å². The van der Waals surface area contributed by atoms with Gasteiger partial charge in [0, 0.05) is 20.0 Å². The van der Waals surface area contributed by atoms with Gasteiger partial charge in [0.15, 0.2) is 0 Å². The molecule has 0 radical (unpaired) electrons. The van der Waals surface area contributed by atoms with Crippen molar-refractivity contribution in [2.24, 2.45) is 5.92 Å². The lowest BCUT2D eigenvalue weighted by atomic mass is 9.99. The minimum atomic E-state index is 0.300. The van der Waals surface area contributed by atoms with E-state index in [1.807, 2.05) is 7.05 Å². The summed E-state index contributed by atoms with van der Waals surface area (Å²) >= 11 is 0. The summed E-state index contributed by atoms with van der Waals surface area (Å²) in [5.41, 5.74) is 0. The highest BCUT2D eigenvalue weighted by atomic mass is 16.2. The van der Waals surface area contributed by atoms with Crippen molar-refractivity contribution in [2.45, 2.75) is 19.8 Å². The Morgan fingerprint density at radius 3 is 2.78 bits per heavy atom. The molecule has 1 aliphatic heterocycles. The first kappa shape index (κ1) is 6.59. The number of carbonyl (C=O) groups excluding carboxylic acids is 1. The predicted molar refractivity (Wildman–Crippen MR) is 36.0 cm³/mol. The van der Waals surface area contributed by atoms with Gasteiger partial charge in [0.25, 0.3) is 0 Å². The van der Waals surface area contributed by atoms with Gasteiger partial charge < -0.3 is 4.90 Å². The van der Waals surface area contributed by atoms with E-state index in [2.05, 4.69) is 6.92 Å². The summed E-state index contributed by atoms with van der Waals surface area (Å²) in [7, 11) is 1.87.